The first-order valence-electron chi connectivity index (χ1n) is 8.90. The Labute approximate surface area is 165 Å². The summed E-state index contributed by atoms with van der Waals surface area (Å²) < 4.78 is 26.2. The van der Waals surface area contributed by atoms with Crippen molar-refractivity contribution in [3.8, 4) is 0 Å². The number of likely N-dealkylation sites (N-methyl/N-ethyl adjacent to an activating group) is 1. The Morgan fingerprint density at radius 2 is 1.81 bits per heavy atom. The summed E-state index contributed by atoms with van der Waals surface area (Å²) in [4.78, 5) is 12.5. The van der Waals surface area contributed by atoms with E-state index in [2.05, 4.69) is 17.4 Å². The lowest BCUT2D eigenvalue weighted by atomic mass is 10.0. The standard InChI is InChI=1S/C20H23ClN2O3S/c1-14(16-7-6-15-4-3-5-17(15)12-16)22-20(24)13-23(2)27(25,26)19-10-8-18(21)9-11-19/h6-12,14H,3-5,13H2,1-2H3,(H,22,24). The number of aryl methyl sites for hydroxylation is 2. The maximum atomic E-state index is 12.6. The van der Waals surface area contributed by atoms with Crippen molar-refractivity contribution in [3.63, 3.8) is 0 Å². The van der Waals surface area contributed by atoms with Crippen LogP contribution < -0.4 is 5.32 Å². The summed E-state index contributed by atoms with van der Waals surface area (Å²) in [7, 11) is -2.35. The van der Waals surface area contributed by atoms with Crippen molar-refractivity contribution in [2.45, 2.75) is 37.1 Å². The number of nitrogens with one attached hydrogen (secondary N) is 1. The smallest absolute Gasteiger partial charge is 0.243 e. The second-order valence-electron chi connectivity index (χ2n) is 6.89. The first kappa shape index (κ1) is 19.9. The molecule has 0 aliphatic heterocycles. The Hall–Kier alpha value is -1.89. The fourth-order valence-electron chi connectivity index (χ4n) is 3.31. The predicted octanol–water partition coefficient (Wildman–Crippen LogP) is 3.33. The van der Waals surface area contributed by atoms with Gasteiger partial charge in [-0.25, -0.2) is 8.42 Å². The molecule has 144 valence electrons. The summed E-state index contributed by atoms with van der Waals surface area (Å²) in [5.41, 5.74) is 3.76. The molecule has 0 spiro atoms. The van der Waals surface area contributed by atoms with Crippen LogP contribution in [-0.2, 0) is 27.7 Å². The van der Waals surface area contributed by atoms with Gasteiger partial charge in [0.05, 0.1) is 17.5 Å². The van der Waals surface area contributed by atoms with E-state index in [1.807, 2.05) is 13.0 Å². The van der Waals surface area contributed by atoms with Crippen molar-refractivity contribution in [1.29, 1.82) is 0 Å². The predicted molar refractivity (Wildman–Crippen MR) is 106 cm³/mol. The molecule has 1 unspecified atom stereocenters. The normalized spacial score (nSPS) is 14.8. The molecule has 0 heterocycles. The molecule has 1 aliphatic rings. The van der Waals surface area contributed by atoms with E-state index >= 15 is 0 Å². The molecular weight excluding hydrogens is 384 g/mol. The molecule has 5 nitrogen and oxygen atoms in total. The number of halogens is 1. The van der Waals surface area contributed by atoms with E-state index in [1.54, 1.807) is 0 Å². The lowest BCUT2D eigenvalue weighted by Crippen LogP contribution is -2.39. The van der Waals surface area contributed by atoms with Gasteiger partial charge in [0.15, 0.2) is 0 Å². The van der Waals surface area contributed by atoms with Crippen LogP contribution in [-0.4, -0.2) is 32.2 Å². The second kappa shape index (κ2) is 8.00. The zero-order chi connectivity index (χ0) is 19.6. The van der Waals surface area contributed by atoms with E-state index in [1.165, 1.54) is 48.9 Å². The molecule has 27 heavy (non-hydrogen) atoms. The van der Waals surface area contributed by atoms with Crippen LogP contribution in [0.5, 0.6) is 0 Å². The van der Waals surface area contributed by atoms with Crippen molar-refractivity contribution in [2.75, 3.05) is 13.6 Å². The number of amides is 1. The number of carbonyl (C=O) groups excluding carboxylic acids is 1. The number of sulfonamides is 1. The van der Waals surface area contributed by atoms with E-state index in [-0.39, 0.29) is 23.4 Å². The minimum Gasteiger partial charge on any atom is -0.348 e. The SMILES string of the molecule is CC(NC(=O)CN(C)S(=O)(=O)c1ccc(Cl)cc1)c1ccc2c(c1)CCC2. The third kappa shape index (κ3) is 4.51. The second-order valence-corrected chi connectivity index (χ2v) is 9.37. The molecule has 2 aromatic rings. The first-order valence-corrected chi connectivity index (χ1v) is 10.7. The lowest BCUT2D eigenvalue weighted by Gasteiger charge is -2.20. The summed E-state index contributed by atoms with van der Waals surface area (Å²) in [6.07, 6.45) is 3.36. The fraction of sp³-hybridized carbons (Fsp3) is 0.350. The number of hydrogen-bond donors (Lipinski definition) is 1. The molecule has 0 saturated carbocycles. The molecule has 1 atom stereocenters. The number of carbonyl (C=O) groups is 1. The molecule has 1 N–H and O–H groups in total. The van der Waals surface area contributed by atoms with E-state index in [0.717, 1.165) is 22.7 Å². The van der Waals surface area contributed by atoms with Gasteiger partial charge in [0.2, 0.25) is 15.9 Å². The molecule has 0 radical (unpaired) electrons. The van der Waals surface area contributed by atoms with Gasteiger partial charge in [0, 0.05) is 12.1 Å². The summed E-state index contributed by atoms with van der Waals surface area (Å²) in [6, 6.07) is 12.0. The van der Waals surface area contributed by atoms with Crippen molar-refractivity contribution < 1.29 is 13.2 Å². The van der Waals surface area contributed by atoms with Crippen LogP contribution in [0, 0.1) is 0 Å². The van der Waals surface area contributed by atoms with Crippen molar-refractivity contribution in [2.24, 2.45) is 0 Å². The summed E-state index contributed by atoms with van der Waals surface area (Å²) in [5, 5.41) is 3.34. The zero-order valence-corrected chi connectivity index (χ0v) is 17.0. The van der Waals surface area contributed by atoms with Gasteiger partial charge in [0.1, 0.15) is 0 Å². The summed E-state index contributed by atoms with van der Waals surface area (Å²) in [6.45, 7) is 1.66. The van der Waals surface area contributed by atoms with Gasteiger partial charge < -0.3 is 5.32 Å². The first-order chi connectivity index (χ1) is 12.8. The minimum absolute atomic E-state index is 0.105. The fourth-order valence-corrected chi connectivity index (χ4v) is 4.56. The van der Waals surface area contributed by atoms with Gasteiger partial charge in [-0.15, -0.1) is 0 Å². The molecule has 2 aromatic carbocycles. The highest BCUT2D eigenvalue weighted by Crippen LogP contribution is 2.25. The van der Waals surface area contributed by atoms with Crippen LogP contribution in [0.25, 0.3) is 0 Å². The molecule has 0 bridgehead atoms. The van der Waals surface area contributed by atoms with Gasteiger partial charge >= 0.3 is 0 Å². The number of hydrogen-bond acceptors (Lipinski definition) is 3. The topological polar surface area (TPSA) is 66.5 Å². The number of nitrogens with zero attached hydrogens (tertiary/aromatic N) is 1. The van der Waals surface area contributed by atoms with Crippen LogP contribution in [0.3, 0.4) is 0 Å². The lowest BCUT2D eigenvalue weighted by molar-refractivity contribution is -0.121. The van der Waals surface area contributed by atoms with Gasteiger partial charge in [0.25, 0.3) is 0 Å². The maximum absolute atomic E-state index is 12.6. The molecule has 0 aromatic heterocycles. The molecule has 7 heteroatoms. The van der Waals surface area contributed by atoms with Crippen molar-refractivity contribution in [1.82, 2.24) is 9.62 Å². The quantitative estimate of drug-likeness (QED) is 0.800. The van der Waals surface area contributed by atoms with Crippen LogP contribution in [0.4, 0.5) is 0 Å². The molecule has 1 amide bonds. The Morgan fingerprint density at radius 3 is 2.52 bits per heavy atom. The Balaban J connectivity index is 1.63. The third-order valence-corrected chi connectivity index (χ3v) is 6.96. The average Bonchev–Trinajstić information content (AvgIpc) is 3.09. The highest BCUT2D eigenvalue weighted by Gasteiger charge is 2.24. The highest BCUT2D eigenvalue weighted by atomic mass is 35.5. The van der Waals surface area contributed by atoms with E-state index < -0.39 is 10.0 Å². The van der Waals surface area contributed by atoms with Crippen molar-refractivity contribution >= 4 is 27.5 Å². The third-order valence-electron chi connectivity index (χ3n) is 4.89. The Morgan fingerprint density at radius 1 is 1.15 bits per heavy atom. The van der Waals surface area contributed by atoms with Crippen LogP contribution >= 0.6 is 11.6 Å². The molecule has 1 aliphatic carbocycles. The molecule has 0 fully saturated rings. The maximum Gasteiger partial charge on any atom is 0.243 e. The largest absolute Gasteiger partial charge is 0.348 e. The molecular formula is C20H23ClN2O3S. The monoisotopic (exact) mass is 406 g/mol. The molecule has 3 rings (SSSR count). The number of benzene rings is 2. The summed E-state index contributed by atoms with van der Waals surface area (Å²) >= 11 is 5.80. The van der Waals surface area contributed by atoms with E-state index in [0.29, 0.717) is 5.02 Å². The van der Waals surface area contributed by atoms with Gasteiger partial charge in [-0.2, -0.15) is 4.31 Å². The van der Waals surface area contributed by atoms with E-state index in [4.69, 9.17) is 11.6 Å². The minimum atomic E-state index is -3.75. The average molecular weight is 407 g/mol. The Bertz CT molecular complexity index is 942. The van der Waals surface area contributed by atoms with Crippen LogP contribution in [0.2, 0.25) is 5.02 Å². The van der Waals surface area contributed by atoms with Gasteiger partial charge in [-0.3, -0.25) is 4.79 Å². The number of rotatable bonds is 6. The number of fused-ring (bicyclic) bond motifs is 1. The van der Waals surface area contributed by atoms with Crippen LogP contribution in [0.15, 0.2) is 47.4 Å². The Kier molecular flexibility index (Phi) is 5.89. The molecule has 0 saturated heterocycles. The van der Waals surface area contributed by atoms with Gasteiger partial charge in [-0.1, -0.05) is 29.8 Å². The highest BCUT2D eigenvalue weighted by molar-refractivity contribution is 7.89. The van der Waals surface area contributed by atoms with Gasteiger partial charge in [-0.05, 0) is 67.1 Å². The summed E-state index contributed by atoms with van der Waals surface area (Å²) in [5.74, 6) is -0.344. The van der Waals surface area contributed by atoms with Crippen molar-refractivity contribution in [3.05, 3.63) is 64.2 Å². The van der Waals surface area contributed by atoms with Crippen LogP contribution in [0.1, 0.15) is 36.1 Å². The zero-order valence-electron chi connectivity index (χ0n) is 15.4. The van der Waals surface area contributed by atoms with E-state index in [9.17, 15) is 13.2 Å².